The lowest BCUT2D eigenvalue weighted by molar-refractivity contribution is -0.136. The van der Waals surface area contributed by atoms with E-state index in [1.807, 2.05) is 32.9 Å². The van der Waals surface area contributed by atoms with Gasteiger partial charge in [0, 0.05) is 12.1 Å². The number of hydrogen-bond donors (Lipinski definition) is 2. The average molecular weight is 249 g/mol. The molecule has 4 nitrogen and oxygen atoms in total. The molecular formula is C14H19NO3. The second kappa shape index (κ2) is 6.31. The van der Waals surface area contributed by atoms with E-state index >= 15 is 0 Å². The van der Waals surface area contributed by atoms with Crippen molar-refractivity contribution in [2.75, 3.05) is 13.1 Å². The van der Waals surface area contributed by atoms with Crippen LogP contribution in [0, 0.1) is 20.8 Å². The van der Waals surface area contributed by atoms with Crippen LogP contribution in [0.15, 0.2) is 12.1 Å². The molecular weight excluding hydrogens is 230 g/mol. The van der Waals surface area contributed by atoms with E-state index in [0.29, 0.717) is 6.54 Å². The average Bonchev–Trinajstić information content (AvgIpc) is 2.22. The third-order valence-corrected chi connectivity index (χ3v) is 2.76. The lowest BCUT2D eigenvalue weighted by Gasteiger charge is -2.10. The van der Waals surface area contributed by atoms with Gasteiger partial charge >= 0.3 is 5.97 Å². The molecule has 2 N–H and O–H groups in total. The molecule has 0 aliphatic heterocycles. The van der Waals surface area contributed by atoms with Gasteiger partial charge in [-0.3, -0.25) is 9.59 Å². The minimum atomic E-state index is -0.863. The number of hydrogen-bond acceptors (Lipinski definition) is 3. The summed E-state index contributed by atoms with van der Waals surface area (Å²) in [6.07, 6.45) is 0.0269. The summed E-state index contributed by atoms with van der Waals surface area (Å²) in [4.78, 5) is 22.4. The highest BCUT2D eigenvalue weighted by Gasteiger charge is 2.12. The predicted octanol–water partition coefficient (Wildman–Crippen LogP) is 1.86. The van der Waals surface area contributed by atoms with Crippen molar-refractivity contribution in [3.63, 3.8) is 0 Å². The maximum atomic E-state index is 12.0. The fourth-order valence-electron chi connectivity index (χ4n) is 2.11. The number of nitrogens with one attached hydrogen (secondary N) is 1. The van der Waals surface area contributed by atoms with Gasteiger partial charge in [0.05, 0.1) is 13.0 Å². The summed E-state index contributed by atoms with van der Waals surface area (Å²) in [5, 5.41) is 11.3. The SMILES string of the molecule is Cc1cc(C)c(C(=O)CNCCC(=O)O)c(C)c1. The Morgan fingerprint density at radius 2 is 1.72 bits per heavy atom. The first-order valence-corrected chi connectivity index (χ1v) is 5.95. The van der Waals surface area contributed by atoms with Crippen molar-refractivity contribution in [3.8, 4) is 0 Å². The number of aryl methyl sites for hydroxylation is 3. The van der Waals surface area contributed by atoms with Crippen LogP contribution in [0.4, 0.5) is 0 Å². The van der Waals surface area contributed by atoms with Crippen LogP contribution in [-0.2, 0) is 4.79 Å². The number of aliphatic carboxylic acids is 1. The van der Waals surface area contributed by atoms with Gasteiger partial charge in [-0.2, -0.15) is 0 Å². The van der Waals surface area contributed by atoms with Crippen molar-refractivity contribution in [2.45, 2.75) is 27.2 Å². The number of carboxylic acid groups (broad SMARTS) is 1. The number of carbonyl (C=O) groups excluding carboxylic acids is 1. The lowest BCUT2D eigenvalue weighted by atomic mass is 9.96. The molecule has 0 radical (unpaired) electrons. The highest BCUT2D eigenvalue weighted by Crippen LogP contribution is 2.16. The Morgan fingerprint density at radius 1 is 1.17 bits per heavy atom. The molecule has 0 bridgehead atoms. The number of Topliss-reactive ketones (excluding diaryl/α,β-unsaturated/α-hetero) is 1. The number of rotatable bonds is 6. The molecule has 4 heteroatoms. The molecule has 0 amide bonds. The Balaban J connectivity index is 2.65. The fraction of sp³-hybridized carbons (Fsp3) is 0.429. The molecule has 0 spiro atoms. The number of benzene rings is 1. The molecule has 0 unspecified atom stereocenters. The van der Waals surface area contributed by atoms with E-state index < -0.39 is 5.97 Å². The molecule has 1 rings (SSSR count). The molecule has 0 fully saturated rings. The monoisotopic (exact) mass is 249 g/mol. The zero-order chi connectivity index (χ0) is 13.7. The van der Waals surface area contributed by atoms with Crippen molar-refractivity contribution in [2.24, 2.45) is 0 Å². The lowest BCUT2D eigenvalue weighted by Crippen LogP contribution is -2.26. The van der Waals surface area contributed by atoms with Crippen LogP contribution in [0.5, 0.6) is 0 Å². The Bertz CT molecular complexity index is 443. The summed E-state index contributed by atoms with van der Waals surface area (Å²) in [5.74, 6) is -0.854. The molecule has 0 saturated carbocycles. The van der Waals surface area contributed by atoms with E-state index in [1.165, 1.54) is 0 Å². The molecule has 98 valence electrons. The minimum absolute atomic E-state index is 0.00962. The van der Waals surface area contributed by atoms with Crippen molar-refractivity contribution < 1.29 is 14.7 Å². The zero-order valence-corrected chi connectivity index (χ0v) is 11.0. The Morgan fingerprint density at radius 3 is 2.22 bits per heavy atom. The molecule has 0 heterocycles. The van der Waals surface area contributed by atoms with E-state index in [0.717, 1.165) is 22.3 Å². The van der Waals surface area contributed by atoms with Crippen LogP contribution >= 0.6 is 0 Å². The van der Waals surface area contributed by atoms with Gasteiger partial charge in [-0.15, -0.1) is 0 Å². The first-order valence-electron chi connectivity index (χ1n) is 5.95. The molecule has 0 aromatic heterocycles. The van der Waals surface area contributed by atoms with Gasteiger partial charge in [-0.05, 0) is 31.9 Å². The number of carbonyl (C=O) groups is 2. The quantitative estimate of drug-likeness (QED) is 0.596. The van der Waals surface area contributed by atoms with Gasteiger partial charge in [0.15, 0.2) is 5.78 Å². The van der Waals surface area contributed by atoms with E-state index in [-0.39, 0.29) is 18.7 Å². The number of carboxylic acids is 1. The van der Waals surface area contributed by atoms with Crippen LogP contribution in [0.1, 0.15) is 33.5 Å². The van der Waals surface area contributed by atoms with Crippen molar-refractivity contribution >= 4 is 11.8 Å². The summed E-state index contributed by atoms with van der Waals surface area (Å²) in [6.45, 7) is 6.33. The maximum absolute atomic E-state index is 12.0. The molecule has 0 atom stereocenters. The molecule has 0 aliphatic rings. The Kier molecular flexibility index (Phi) is 5.04. The predicted molar refractivity (Wildman–Crippen MR) is 70.1 cm³/mol. The molecule has 1 aromatic rings. The topological polar surface area (TPSA) is 66.4 Å². The summed E-state index contributed by atoms with van der Waals surface area (Å²) in [5.41, 5.74) is 3.82. The molecule has 0 aliphatic carbocycles. The van der Waals surface area contributed by atoms with Gasteiger partial charge in [0.1, 0.15) is 0 Å². The number of ketones is 1. The summed E-state index contributed by atoms with van der Waals surface area (Å²) in [6, 6.07) is 3.97. The highest BCUT2D eigenvalue weighted by molar-refractivity contribution is 6.00. The van der Waals surface area contributed by atoms with Crippen molar-refractivity contribution in [1.82, 2.24) is 5.32 Å². The van der Waals surface area contributed by atoms with Crippen molar-refractivity contribution in [3.05, 3.63) is 34.4 Å². The smallest absolute Gasteiger partial charge is 0.304 e. The molecule has 0 saturated heterocycles. The Hall–Kier alpha value is -1.68. The summed E-state index contributed by atoms with van der Waals surface area (Å²) < 4.78 is 0. The maximum Gasteiger partial charge on any atom is 0.304 e. The van der Waals surface area contributed by atoms with Crippen molar-refractivity contribution in [1.29, 1.82) is 0 Å². The third kappa shape index (κ3) is 3.96. The highest BCUT2D eigenvalue weighted by atomic mass is 16.4. The molecule has 18 heavy (non-hydrogen) atoms. The largest absolute Gasteiger partial charge is 0.481 e. The van der Waals surface area contributed by atoms with Gasteiger partial charge in [-0.1, -0.05) is 17.7 Å². The third-order valence-electron chi connectivity index (χ3n) is 2.76. The van der Waals surface area contributed by atoms with Crippen LogP contribution in [-0.4, -0.2) is 29.9 Å². The van der Waals surface area contributed by atoms with E-state index in [1.54, 1.807) is 0 Å². The van der Waals surface area contributed by atoms with Gasteiger partial charge in [0.25, 0.3) is 0 Å². The van der Waals surface area contributed by atoms with Crippen LogP contribution in [0.25, 0.3) is 0 Å². The van der Waals surface area contributed by atoms with Gasteiger partial charge in [-0.25, -0.2) is 0 Å². The zero-order valence-electron chi connectivity index (χ0n) is 11.0. The second-order valence-electron chi connectivity index (χ2n) is 4.52. The van der Waals surface area contributed by atoms with Gasteiger partial charge in [0.2, 0.25) is 0 Å². The standard InChI is InChI=1S/C14H19NO3/c1-9-6-10(2)14(11(3)7-9)12(16)8-15-5-4-13(17)18/h6-7,15H,4-5,8H2,1-3H3,(H,17,18). The van der Waals surface area contributed by atoms with Crippen LogP contribution in [0.3, 0.4) is 0 Å². The normalized spacial score (nSPS) is 10.4. The van der Waals surface area contributed by atoms with E-state index in [2.05, 4.69) is 5.32 Å². The van der Waals surface area contributed by atoms with Gasteiger partial charge < -0.3 is 10.4 Å². The first-order chi connectivity index (χ1) is 8.41. The minimum Gasteiger partial charge on any atom is -0.481 e. The van der Waals surface area contributed by atoms with E-state index in [4.69, 9.17) is 5.11 Å². The summed E-state index contributed by atoms with van der Waals surface area (Å²) >= 11 is 0. The first kappa shape index (κ1) is 14.4. The Labute approximate surface area is 107 Å². The summed E-state index contributed by atoms with van der Waals surface area (Å²) in [7, 11) is 0. The second-order valence-corrected chi connectivity index (χ2v) is 4.52. The fourth-order valence-corrected chi connectivity index (χ4v) is 2.11. The molecule has 1 aromatic carbocycles. The van der Waals surface area contributed by atoms with E-state index in [9.17, 15) is 9.59 Å². The van der Waals surface area contributed by atoms with Crippen LogP contribution in [0.2, 0.25) is 0 Å². The van der Waals surface area contributed by atoms with Crippen LogP contribution < -0.4 is 5.32 Å².